The van der Waals surface area contributed by atoms with Crippen molar-refractivity contribution in [1.29, 1.82) is 0 Å². The Balaban J connectivity index is 2.90. The predicted octanol–water partition coefficient (Wildman–Crippen LogP) is 3.37. The highest BCUT2D eigenvalue weighted by Crippen LogP contribution is 2.20. The lowest BCUT2D eigenvalue weighted by atomic mass is 10.2. The minimum Gasteiger partial charge on any atom is -0.446 e. The summed E-state index contributed by atoms with van der Waals surface area (Å²) in [5.74, 6) is 0. The highest BCUT2D eigenvalue weighted by Gasteiger charge is 2.17. The van der Waals surface area contributed by atoms with Crippen LogP contribution < -0.4 is 4.90 Å². The van der Waals surface area contributed by atoms with Gasteiger partial charge in [0.2, 0.25) is 0 Å². The van der Waals surface area contributed by atoms with Gasteiger partial charge in [-0.25, -0.2) is 4.79 Å². The number of hydrogen-bond acceptors (Lipinski definition) is 2. The van der Waals surface area contributed by atoms with Gasteiger partial charge in [-0.3, -0.25) is 4.90 Å². The van der Waals surface area contributed by atoms with Crippen molar-refractivity contribution in [2.24, 2.45) is 0 Å². The number of benzene rings is 1. The molecule has 0 saturated carbocycles. The zero-order valence-corrected chi connectivity index (χ0v) is 10.4. The number of hydrogen-bond donors (Lipinski definition) is 0. The number of nitrogens with zero attached hydrogens (tertiary/aromatic N) is 1. The van der Waals surface area contributed by atoms with Crippen LogP contribution in [0.1, 0.15) is 26.3 Å². The number of anilines is 1. The molecule has 1 rings (SSSR count). The lowest BCUT2D eigenvalue weighted by molar-refractivity contribution is 0.123. The van der Waals surface area contributed by atoms with Gasteiger partial charge in [-0.05, 0) is 39.3 Å². The molecule has 0 radical (unpaired) electrons. The first kappa shape index (κ1) is 12.6. The van der Waals surface area contributed by atoms with E-state index in [9.17, 15) is 4.79 Å². The predicted molar refractivity (Wildman–Crippen MR) is 65.8 cm³/mol. The van der Waals surface area contributed by atoms with Gasteiger partial charge in [-0.15, -0.1) is 0 Å². The third kappa shape index (κ3) is 2.99. The number of para-hydroxylation sites is 1. The van der Waals surface area contributed by atoms with Crippen LogP contribution in [0.5, 0.6) is 0 Å². The van der Waals surface area contributed by atoms with Crippen LogP contribution in [-0.4, -0.2) is 18.7 Å². The summed E-state index contributed by atoms with van der Waals surface area (Å²) in [7, 11) is 0. The average Bonchev–Trinajstić information content (AvgIpc) is 2.20. The molecular formula is C13H19NO2. The number of ether oxygens (including phenoxy) is 1. The van der Waals surface area contributed by atoms with Gasteiger partial charge in [0.25, 0.3) is 0 Å². The van der Waals surface area contributed by atoms with Gasteiger partial charge in [0.1, 0.15) is 0 Å². The Kier molecular flexibility index (Phi) is 4.35. The Morgan fingerprint density at radius 2 is 2.00 bits per heavy atom. The molecule has 0 spiro atoms. The quantitative estimate of drug-likeness (QED) is 0.783. The van der Waals surface area contributed by atoms with Crippen LogP contribution in [0.3, 0.4) is 0 Å². The summed E-state index contributed by atoms with van der Waals surface area (Å²) < 4.78 is 5.20. The summed E-state index contributed by atoms with van der Waals surface area (Å²) in [5, 5.41) is 0. The van der Waals surface area contributed by atoms with Crippen molar-refractivity contribution < 1.29 is 9.53 Å². The minimum atomic E-state index is -0.285. The first-order chi connectivity index (χ1) is 7.56. The lowest BCUT2D eigenvalue weighted by Gasteiger charge is -2.23. The SMILES string of the molecule is CCN(C(=O)OC(C)C)c1ccccc1C. The van der Waals surface area contributed by atoms with Crippen LogP contribution in [0.4, 0.5) is 10.5 Å². The average molecular weight is 221 g/mol. The Morgan fingerprint density at radius 1 is 1.38 bits per heavy atom. The molecule has 0 atom stereocenters. The maximum Gasteiger partial charge on any atom is 0.414 e. The van der Waals surface area contributed by atoms with E-state index < -0.39 is 0 Å². The van der Waals surface area contributed by atoms with Gasteiger partial charge in [0.15, 0.2) is 0 Å². The van der Waals surface area contributed by atoms with E-state index in [4.69, 9.17) is 4.74 Å². The molecule has 0 N–H and O–H groups in total. The van der Waals surface area contributed by atoms with Crippen molar-refractivity contribution >= 4 is 11.8 Å². The van der Waals surface area contributed by atoms with Crippen LogP contribution in [0.15, 0.2) is 24.3 Å². The van der Waals surface area contributed by atoms with Gasteiger partial charge >= 0.3 is 6.09 Å². The fourth-order valence-corrected chi connectivity index (χ4v) is 1.53. The molecular weight excluding hydrogens is 202 g/mol. The highest BCUT2D eigenvalue weighted by atomic mass is 16.6. The summed E-state index contributed by atoms with van der Waals surface area (Å²) in [5.41, 5.74) is 1.99. The molecule has 3 nitrogen and oxygen atoms in total. The Bertz CT molecular complexity index is 361. The Hall–Kier alpha value is -1.51. The molecule has 0 unspecified atom stereocenters. The molecule has 16 heavy (non-hydrogen) atoms. The molecule has 0 aromatic heterocycles. The molecule has 88 valence electrons. The van der Waals surface area contributed by atoms with E-state index in [2.05, 4.69) is 0 Å². The first-order valence-electron chi connectivity index (χ1n) is 5.60. The second-order valence-electron chi connectivity index (χ2n) is 3.96. The fraction of sp³-hybridized carbons (Fsp3) is 0.462. The van der Waals surface area contributed by atoms with Gasteiger partial charge in [0, 0.05) is 12.2 Å². The van der Waals surface area contributed by atoms with E-state index in [1.807, 2.05) is 52.0 Å². The second-order valence-corrected chi connectivity index (χ2v) is 3.96. The van der Waals surface area contributed by atoms with E-state index in [1.54, 1.807) is 4.90 Å². The van der Waals surface area contributed by atoms with Crippen LogP contribution >= 0.6 is 0 Å². The van der Waals surface area contributed by atoms with Crippen molar-refractivity contribution in [2.75, 3.05) is 11.4 Å². The van der Waals surface area contributed by atoms with Gasteiger partial charge in [-0.2, -0.15) is 0 Å². The number of carbonyl (C=O) groups excluding carboxylic acids is 1. The number of rotatable bonds is 3. The fourth-order valence-electron chi connectivity index (χ4n) is 1.53. The highest BCUT2D eigenvalue weighted by molar-refractivity contribution is 5.88. The van der Waals surface area contributed by atoms with Crippen LogP contribution in [-0.2, 0) is 4.74 Å². The lowest BCUT2D eigenvalue weighted by Crippen LogP contribution is -2.33. The molecule has 0 bridgehead atoms. The summed E-state index contributed by atoms with van der Waals surface area (Å²) in [6.45, 7) is 8.23. The normalized spacial score (nSPS) is 10.3. The van der Waals surface area contributed by atoms with Crippen molar-refractivity contribution in [3.8, 4) is 0 Å². The summed E-state index contributed by atoms with van der Waals surface area (Å²) in [6.07, 6.45) is -0.377. The molecule has 0 heterocycles. The molecule has 0 aliphatic heterocycles. The van der Waals surface area contributed by atoms with Crippen molar-refractivity contribution in [1.82, 2.24) is 0 Å². The molecule has 1 aromatic rings. The minimum absolute atomic E-state index is 0.0921. The van der Waals surface area contributed by atoms with E-state index in [0.29, 0.717) is 6.54 Å². The monoisotopic (exact) mass is 221 g/mol. The zero-order chi connectivity index (χ0) is 12.1. The van der Waals surface area contributed by atoms with E-state index in [1.165, 1.54) is 0 Å². The topological polar surface area (TPSA) is 29.5 Å². The van der Waals surface area contributed by atoms with E-state index in [-0.39, 0.29) is 12.2 Å². The van der Waals surface area contributed by atoms with Crippen molar-refractivity contribution in [3.63, 3.8) is 0 Å². The molecule has 1 amide bonds. The zero-order valence-electron chi connectivity index (χ0n) is 10.4. The summed E-state index contributed by atoms with van der Waals surface area (Å²) in [4.78, 5) is 13.5. The Morgan fingerprint density at radius 3 is 2.50 bits per heavy atom. The summed E-state index contributed by atoms with van der Waals surface area (Å²) >= 11 is 0. The van der Waals surface area contributed by atoms with Crippen LogP contribution in [0.2, 0.25) is 0 Å². The van der Waals surface area contributed by atoms with Gasteiger partial charge in [-0.1, -0.05) is 18.2 Å². The van der Waals surface area contributed by atoms with Crippen LogP contribution in [0, 0.1) is 6.92 Å². The number of carbonyl (C=O) groups is 1. The van der Waals surface area contributed by atoms with Crippen molar-refractivity contribution in [2.45, 2.75) is 33.8 Å². The summed E-state index contributed by atoms with van der Waals surface area (Å²) in [6, 6.07) is 7.80. The Labute approximate surface area is 97.0 Å². The standard InChI is InChI=1S/C13H19NO2/c1-5-14(13(15)16-10(2)3)12-9-7-6-8-11(12)4/h6-10H,5H2,1-4H3. The first-order valence-corrected chi connectivity index (χ1v) is 5.60. The van der Waals surface area contributed by atoms with E-state index in [0.717, 1.165) is 11.3 Å². The molecule has 0 aliphatic rings. The van der Waals surface area contributed by atoms with Gasteiger partial charge in [0.05, 0.1) is 6.10 Å². The molecule has 3 heteroatoms. The van der Waals surface area contributed by atoms with Crippen LogP contribution in [0.25, 0.3) is 0 Å². The molecule has 1 aromatic carbocycles. The maximum atomic E-state index is 11.8. The maximum absolute atomic E-state index is 11.8. The van der Waals surface area contributed by atoms with Crippen molar-refractivity contribution in [3.05, 3.63) is 29.8 Å². The second kappa shape index (κ2) is 5.54. The molecule has 0 fully saturated rings. The smallest absolute Gasteiger partial charge is 0.414 e. The third-order valence-corrected chi connectivity index (χ3v) is 2.28. The van der Waals surface area contributed by atoms with Gasteiger partial charge < -0.3 is 4.74 Å². The number of aryl methyl sites for hydroxylation is 1. The van der Waals surface area contributed by atoms with E-state index >= 15 is 0 Å². The molecule has 0 aliphatic carbocycles. The largest absolute Gasteiger partial charge is 0.446 e. The molecule has 0 saturated heterocycles. The number of amides is 1. The third-order valence-electron chi connectivity index (χ3n) is 2.28.